The third-order valence-electron chi connectivity index (χ3n) is 3.49. The summed E-state index contributed by atoms with van der Waals surface area (Å²) < 4.78 is 5.10. The monoisotopic (exact) mass is 228 g/mol. The Morgan fingerprint density at radius 1 is 1.19 bits per heavy atom. The number of piperidine rings is 1. The molecule has 2 atom stereocenters. The van der Waals surface area contributed by atoms with Crippen LogP contribution < -0.4 is 5.32 Å². The van der Waals surface area contributed by atoms with Gasteiger partial charge in [-0.3, -0.25) is 0 Å². The van der Waals surface area contributed by atoms with Crippen LogP contribution in [0.4, 0.5) is 0 Å². The van der Waals surface area contributed by atoms with Crippen molar-refractivity contribution >= 4 is 0 Å². The second-order valence-electron chi connectivity index (χ2n) is 5.04. The van der Waals surface area contributed by atoms with Gasteiger partial charge in [-0.05, 0) is 52.7 Å². The maximum atomic E-state index is 5.10. The van der Waals surface area contributed by atoms with E-state index >= 15 is 0 Å². The van der Waals surface area contributed by atoms with Crippen LogP contribution in [-0.2, 0) is 4.74 Å². The van der Waals surface area contributed by atoms with Crippen LogP contribution in [0, 0.1) is 0 Å². The number of rotatable bonds is 7. The van der Waals surface area contributed by atoms with Gasteiger partial charge in [-0.15, -0.1) is 0 Å². The molecule has 1 aliphatic heterocycles. The molecule has 0 spiro atoms. The standard InChI is InChI=1S/C13H28N2O/c1-12(11-16-3)14-8-7-13(2)15-9-5-4-6-10-15/h12-14H,4-11H2,1-3H3. The number of nitrogens with zero attached hydrogens (tertiary/aromatic N) is 1. The van der Waals surface area contributed by atoms with Crippen molar-refractivity contribution in [1.82, 2.24) is 10.2 Å². The van der Waals surface area contributed by atoms with Gasteiger partial charge in [-0.2, -0.15) is 0 Å². The van der Waals surface area contributed by atoms with E-state index in [9.17, 15) is 0 Å². The summed E-state index contributed by atoms with van der Waals surface area (Å²) in [6.07, 6.45) is 5.44. The molecule has 96 valence electrons. The molecule has 3 heteroatoms. The lowest BCUT2D eigenvalue weighted by molar-refractivity contribution is 0.155. The second-order valence-corrected chi connectivity index (χ2v) is 5.04. The third kappa shape index (κ3) is 5.28. The zero-order chi connectivity index (χ0) is 11.8. The van der Waals surface area contributed by atoms with Gasteiger partial charge in [0.1, 0.15) is 0 Å². The highest BCUT2D eigenvalue weighted by molar-refractivity contribution is 4.72. The fourth-order valence-corrected chi connectivity index (χ4v) is 2.39. The second kappa shape index (κ2) is 8.04. The molecule has 1 rings (SSSR count). The lowest BCUT2D eigenvalue weighted by Crippen LogP contribution is -2.40. The molecule has 0 aromatic carbocycles. The van der Waals surface area contributed by atoms with Gasteiger partial charge in [0.2, 0.25) is 0 Å². The Balaban J connectivity index is 2.07. The highest BCUT2D eigenvalue weighted by Gasteiger charge is 2.16. The quantitative estimate of drug-likeness (QED) is 0.720. The number of hydrogen-bond donors (Lipinski definition) is 1. The summed E-state index contributed by atoms with van der Waals surface area (Å²) in [5, 5.41) is 3.50. The zero-order valence-electron chi connectivity index (χ0n) is 11.2. The Hall–Kier alpha value is -0.120. The molecule has 3 nitrogen and oxygen atoms in total. The Kier molecular flexibility index (Phi) is 7.01. The van der Waals surface area contributed by atoms with Crippen molar-refractivity contribution in [1.29, 1.82) is 0 Å². The van der Waals surface area contributed by atoms with E-state index in [0.29, 0.717) is 6.04 Å². The van der Waals surface area contributed by atoms with Crippen molar-refractivity contribution in [3.8, 4) is 0 Å². The van der Waals surface area contributed by atoms with Gasteiger partial charge in [-0.1, -0.05) is 6.42 Å². The first-order chi connectivity index (χ1) is 7.74. The smallest absolute Gasteiger partial charge is 0.0613 e. The number of methoxy groups -OCH3 is 1. The van der Waals surface area contributed by atoms with Gasteiger partial charge in [0, 0.05) is 19.2 Å². The number of hydrogen-bond acceptors (Lipinski definition) is 3. The minimum Gasteiger partial charge on any atom is -0.383 e. The van der Waals surface area contributed by atoms with Crippen molar-refractivity contribution in [3.05, 3.63) is 0 Å². The maximum Gasteiger partial charge on any atom is 0.0613 e. The molecule has 1 fully saturated rings. The lowest BCUT2D eigenvalue weighted by Gasteiger charge is -2.32. The third-order valence-corrected chi connectivity index (χ3v) is 3.49. The Morgan fingerprint density at radius 2 is 1.88 bits per heavy atom. The molecule has 1 heterocycles. The predicted molar refractivity (Wildman–Crippen MR) is 68.8 cm³/mol. The van der Waals surface area contributed by atoms with Crippen LogP contribution in [0.2, 0.25) is 0 Å². The minimum absolute atomic E-state index is 0.471. The summed E-state index contributed by atoms with van der Waals surface area (Å²) in [5.41, 5.74) is 0. The molecule has 0 aromatic rings. The van der Waals surface area contributed by atoms with Crippen LogP contribution in [0.5, 0.6) is 0 Å². The van der Waals surface area contributed by atoms with Crippen molar-refractivity contribution in [2.24, 2.45) is 0 Å². The summed E-state index contributed by atoms with van der Waals surface area (Å²) in [7, 11) is 1.76. The summed E-state index contributed by atoms with van der Waals surface area (Å²) >= 11 is 0. The van der Waals surface area contributed by atoms with Crippen LogP contribution in [0.25, 0.3) is 0 Å². The predicted octanol–water partition coefficient (Wildman–Crippen LogP) is 1.88. The van der Waals surface area contributed by atoms with Crippen LogP contribution in [0.3, 0.4) is 0 Å². The SMILES string of the molecule is COCC(C)NCCC(C)N1CCCCC1. The summed E-state index contributed by atoms with van der Waals surface area (Å²) in [4.78, 5) is 2.63. The Morgan fingerprint density at radius 3 is 2.50 bits per heavy atom. The molecule has 0 bridgehead atoms. The fraction of sp³-hybridized carbons (Fsp3) is 1.00. The van der Waals surface area contributed by atoms with E-state index < -0.39 is 0 Å². The first kappa shape index (κ1) is 13.9. The Labute approximate surface area is 101 Å². The van der Waals surface area contributed by atoms with E-state index in [0.717, 1.165) is 19.2 Å². The molecule has 2 unspecified atom stereocenters. The highest BCUT2D eigenvalue weighted by atomic mass is 16.5. The number of nitrogens with one attached hydrogen (secondary N) is 1. The van der Waals surface area contributed by atoms with Gasteiger partial charge in [0.05, 0.1) is 6.61 Å². The molecule has 0 radical (unpaired) electrons. The normalized spacial score (nSPS) is 21.9. The molecule has 1 saturated heterocycles. The lowest BCUT2D eigenvalue weighted by atomic mass is 10.1. The van der Waals surface area contributed by atoms with Crippen molar-refractivity contribution in [2.75, 3.05) is 33.4 Å². The molecular weight excluding hydrogens is 200 g/mol. The van der Waals surface area contributed by atoms with Crippen molar-refractivity contribution in [2.45, 2.75) is 51.6 Å². The topological polar surface area (TPSA) is 24.5 Å². The zero-order valence-corrected chi connectivity index (χ0v) is 11.2. The highest BCUT2D eigenvalue weighted by Crippen LogP contribution is 2.13. The van der Waals surface area contributed by atoms with Gasteiger partial charge in [-0.25, -0.2) is 0 Å². The van der Waals surface area contributed by atoms with E-state index in [1.807, 2.05) is 0 Å². The van der Waals surface area contributed by atoms with E-state index in [2.05, 4.69) is 24.1 Å². The molecule has 1 aliphatic rings. The Bertz CT molecular complexity index is 169. The summed E-state index contributed by atoms with van der Waals surface area (Å²) in [5.74, 6) is 0. The molecule has 16 heavy (non-hydrogen) atoms. The van der Waals surface area contributed by atoms with E-state index in [-0.39, 0.29) is 0 Å². The van der Waals surface area contributed by atoms with E-state index in [1.54, 1.807) is 7.11 Å². The van der Waals surface area contributed by atoms with Gasteiger partial charge >= 0.3 is 0 Å². The van der Waals surface area contributed by atoms with E-state index in [4.69, 9.17) is 4.74 Å². The van der Waals surface area contributed by atoms with Crippen molar-refractivity contribution < 1.29 is 4.74 Å². The van der Waals surface area contributed by atoms with Gasteiger partial charge in [0.15, 0.2) is 0 Å². The van der Waals surface area contributed by atoms with Gasteiger partial charge in [0.25, 0.3) is 0 Å². The fourth-order valence-electron chi connectivity index (χ4n) is 2.39. The van der Waals surface area contributed by atoms with Gasteiger partial charge < -0.3 is 15.0 Å². The van der Waals surface area contributed by atoms with E-state index in [1.165, 1.54) is 38.8 Å². The van der Waals surface area contributed by atoms with Crippen molar-refractivity contribution in [3.63, 3.8) is 0 Å². The van der Waals surface area contributed by atoms with Crippen LogP contribution in [-0.4, -0.2) is 50.3 Å². The molecule has 0 aromatic heterocycles. The largest absolute Gasteiger partial charge is 0.383 e. The van der Waals surface area contributed by atoms with Crippen LogP contribution in [0.1, 0.15) is 39.5 Å². The summed E-state index contributed by atoms with van der Waals surface area (Å²) in [6.45, 7) is 9.03. The molecule has 0 saturated carbocycles. The van der Waals surface area contributed by atoms with Crippen LogP contribution >= 0.6 is 0 Å². The minimum atomic E-state index is 0.471. The average Bonchev–Trinajstić information content (AvgIpc) is 2.30. The summed E-state index contributed by atoms with van der Waals surface area (Å²) in [6, 6.07) is 1.20. The average molecular weight is 228 g/mol. The van der Waals surface area contributed by atoms with Crippen LogP contribution in [0.15, 0.2) is 0 Å². The molecule has 1 N–H and O–H groups in total. The maximum absolute atomic E-state index is 5.10. The molecular formula is C13H28N2O. The first-order valence-electron chi connectivity index (χ1n) is 6.70. The molecule has 0 amide bonds. The number of ether oxygens (including phenoxy) is 1. The molecule has 0 aliphatic carbocycles. The number of likely N-dealkylation sites (tertiary alicyclic amines) is 1. The first-order valence-corrected chi connectivity index (χ1v) is 6.70.